The van der Waals surface area contributed by atoms with Crippen molar-refractivity contribution < 1.29 is 0 Å². The summed E-state index contributed by atoms with van der Waals surface area (Å²) in [5.74, 6) is 3.78. The predicted molar refractivity (Wildman–Crippen MR) is 59.3 cm³/mol. The fraction of sp³-hybridized carbons (Fsp3) is 1.00. The van der Waals surface area contributed by atoms with Gasteiger partial charge in [-0.25, -0.2) is 0 Å². The third-order valence-corrected chi connectivity index (χ3v) is 4.22. The third-order valence-electron chi connectivity index (χ3n) is 2.99. The molecule has 0 radical (unpaired) electrons. The molecule has 0 aromatic carbocycles. The van der Waals surface area contributed by atoms with E-state index in [-0.39, 0.29) is 0 Å². The SMILES string of the molecule is C[C@@H]1CN(CC2CCSC2)CCN1. The van der Waals surface area contributed by atoms with Crippen LogP contribution in [-0.2, 0) is 0 Å². The molecule has 0 saturated carbocycles. The molecule has 76 valence electrons. The lowest BCUT2D eigenvalue weighted by Gasteiger charge is -2.33. The van der Waals surface area contributed by atoms with Gasteiger partial charge >= 0.3 is 0 Å². The van der Waals surface area contributed by atoms with Crippen molar-refractivity contribution in [3.8, 4) is 0 Å². The van der Waals surface area contributed by atoms with Crippen molar-refractivity contribution in [2.75, 3.05) is 37.7 Å². The van der Waals surface area contributed by atoms with Gasteiger partial charge in [0.25, 0.3) is 0 Å². The van der Waals surface area contributed by atoms with Gasteiger partial charge in [0, 0.05) is 32.2 Å². The van der Waals surface area contributed by atoms with Crippen LogP contribution in [0.3, 0.4) is 0 Å². The average molecular weight is 200 g/mol. The Morgan fingerprint density at radius 3 is 3.15 bits per heavy atom. The van der Waals surface area contributed by atoms with Gasteiger partial charge in [-0.05, 0) is 30.8 Å². The quantitative estimate of drug-likeness (QED) is 0.717. The molecule has 0 aromatic heterocycles. The summed E-state index contributed by atoms with van der Waals surface area (Å²) in [5.41, 5.74) is 0. The minimum absolute atomic E-state index is 0.697. The zero-order valence-corrected chi connectivity index (χ0v) is 9.28. The number of hydrogen-bond donors (Lipinski definition) is 1. The van der Waals surface area contributed by atoms with E-state index in [0.717, 1.165) is 5.92 Å². The van der Waals surface area contributed by atoms with E-state index < -0.39 is 0 Å². The highest BCUT2D eigenvalue weighted by molar-refractivity contribution is 7.99. The first-order valence-electron chi connectivity index (χ1n) is 5.38. The molecule has 2 fully saturated rings. The van der Waals surface area contributed by atoms with Gasteiger partial charge in [-0.3, -0.25) is 0 Å². The normalized spacial score (nSPS) is 36.7. The van der Waals surface area contributed by atoms with E-state index in [1.165, 1.54) is 44.1 Å². The number of piperazine rings is 1. The summed E-state index contributed by atoms with van der Waals surface area (Å²) >= 11 is 2.13. The molecule has 2 aliphatic rings. The maximum atomic E-state index is 3.49. The first-order chi connectivity index (χ1) is 6.34. The maximum absolute atomic E-state index is 3.49. The molecule has 0 bridgehead atoms. The van der Waals surface area contributed by atoms with Crippen LogP contribution in [0.5, 0.6) is 0 Å². The van der Waals surface area contributed by atoms with Gasteiger partial charge in [-0.2, -0.15) is 11.8 Å². The fourth-order valence-electron chi connectivity index (χ4n) is 2.27. The summed E-state index contributed by atoms with van der Waals surface area (Å²) in [7, 11) is 0. The Bertz CT molecular complexity index is 157. The summed E-state index contributed by atoms with van der Waals surface area (Å²) in [6.07, 6.45) is 1.45. The minimum atomic E-state index is 0.697. The largest absolute Gasteiger partial charge is 0.312 e. The van der Waals surface area contributed by atoms with E-state index in [2.05, 4.69) is 28.9 Å². The molecule has 0 amide bonds. The van der Waals surface area contributed by atoms with Crippen molar-refractivity contribution in [1.82, 2.24) is 10.2 Å². The van der Waals surface area contributed by atoms with Gasteiger partial charge in [0.1, 0.15) is 0 Å². The number of nitrogens with zero attached hydrogens (tertiary/aromatic N) is 1. The second kappa shape index (κ2) is 4.67. The Kier molecular flexibility index (Phi) is 3.52. The zero-order valence-electron chi connectivity index (χ0n) is 8.46. The Morgan fingerprint density at radius 2 is 2.46 bits per heavy atom. The number of thioether (sulfide) groups is 1. The van der Waals surface area contributed by atoms with Gasteiger partial charge in [0.15, 0.2) is 0 Å². The van der Waals surface area contributed by atoms with Crippen LogP contribution < -0.4 is 5.32 Å². The van der Waals surface area contributed by atoms with Gasteiger partial charge in [0.05, 0.1) is 0 Å². The average Bonchev–Trinajstić information content (AvgIpc) is 2.57. The molecule has 0 aromatic rings. The Labute approximate surface area is 85.4 Å². The molecule has 2 rings (SSSR count). The van der Waals surface area contributed by atoms with Crippen molar-refractivity contribution in [3.63, 3.8) is 0 Å². The van der Waals surface area contributed by atoms with Gasteiger partial charge in [-0.1, -0.05) is 0 Å². The third kappa shape index (κ3) is 2.86. The van der Waals surface area contributed by atoms with Gasteiger partial charge in [0.2, 0.25) is 0 Å². The van der Waals surface area contributed by atoms with Crippen LogP contribution in [0, 0.1) is 5.92 Å². The van der Waals surface area contributed by atoms with Gasteiger partial charge < -0.3 is 10.2 Å². The van der Waals surface area contributed by atoms with Crippen LogP contribution in [0.2, 0.25) is 0 Å². The summed E-state index contributed by atoms with van der Waals surface area (Å²) in [5, 5.41) is 3.49. The van der Waals surface area contributed by atoms with Crippen LogP contribution in [-0.4, -0.2) is 48.6 Å². The fourth-order valence-corrected chi connectivity index (χ4v) is 3.54. The van der Waals surface area contributed by atoms with E-state index in [1.807, 2.05) is 0 Å². The monoisotopic (exact) mass is 200 g/mol. The van der Waals surface area contributed by atoms with Crippen molar-refractivity contribution in [2.24, 2.45) is 5.92 Å². The van der Waals surface area contributed by atoms with Crippen LogP contribution in [0.1, 0.15) is 13.3 Å². The molecule has 2 aliphatic heterocycles. The first kappa shape index (κ1) is 9.81. The van der Waals surface area contributed by atoms with Crippen molar-refractivity contribution in [3.05, 3.63) is 0 Å². The molecule has 1 unspecified atom stereocenters. The maximum Gasteiger partial charge on any atom is 0.0167 e. The lowest BCUT2D eigenvalue weighted by atomic mass is 10.1. The molecule has 2 atom stereocenters. The molecule has 2 nitrogen and oxygen atoms in total. The van der Waals surface area contributed by atoms with Crippen molar-refractivity contribution in [2.45, 2.75) is 19.4 Å². The van der Waals surface area contributed by atoms with Crippen molar-refractivity contribution in [1.29, 1.82) is 0 Å². The molecule has 3 heteroatoms. The molecular formula is C10H20N2S. The minimum Gasteiger partial charge on any atom is -0.312 e. The molecule has 0 spiro atoms. The molecule has 2 heterocycles. The Morgan fingerprint density at radius 1 is 1.54 bits per heavy atom. The van der Waals surface area contributed by atoms with Gasteiger partial charge in [-0.15, -0.1) is 0 Å². The smallest absolute Gasteiger partial charge is 0.0167 e. The highest BCUT2D eigenvalue weighted by Crippen LogP contribution is 2.24. The second-order valence-corrected chi connectivity index (χ2v) is 5.49. The molecule has 13 heavy (non-hydrogen) atoms. The summed E-state index contributed by atoms with van der Waals surface area (Å²) in [4.78, 5) is 2.64. The zero-order chi connectivity index (χ0) is 9.10. The highest BCUT2D eigenvalue weighted by Gasteiger charge is 2.21. The topological polar surface area (TPSA) is 15.3 Å². The molecular weight excluding hydrogens is 180 g/mol. The van der Waals surface area contributed by atoms with Crippen LogP contribution in [0.15, 0.2) is 0 Å². The lowest BCUT2D eigenvalue weighted by molar-refractivity contribution is 0.185. The van der Waals surface area contributed by atoms with E-state index >= 15 is 0 Å². The second-order valence-electron chi connectivity index (χ2n) is 4.34. The summed E-state index contributed by atoms with van der Waals surface area (Å²) in [6, 6.07) is 0.697. The van der Waals surface area contributed by atoms with E-state index in [0.29, 0.717) is 6.04 Å². The number of hydrogen-bond acceptors (Lipinski definition) is 3. The Hall–Kier alpha value is 0.270. The number of rotatable bonds is 2. The molecule has 1 N–H and O–H groups in total. The van der Waals surface area contributed by atoms with E-state index in [1.54, 1.807) is 0 Å². The molecule has 2 saturated heterocycles. The number of nitrogens with one attached hydrogen (secondary N) is 1. The summed E-state index contributed by atoms with van der Waals surface area (Å²) in [6.45, 7) is 7.32. The first-order valence-corrected chi connectivity index (χ1v) is 6.53. The summed E-state index contributed by atoms with van der Waals surface area (Å²) < 4.78 is 0. The van der Waals surface area contributed by atoms with Crippen molar-refractivity contribution >= 4 is 11.8 Å². The predicted octanol–water partition coefficient (Wildman–Crippen LogP) is 1.03. The van der Waals surface area contributed by atoms with E-state index in [4.69, 9.17) is 0 Å². The van der Waals surface area contributed by atoms with Crippen LogP contribution >= 0.6 is 11.8 Å². The molecule has 0 aliphatic carbocycles. The lowest BCUT2D eigenvalue weighted by Crippen LogP contribution is -2.50. The van der Waals surface area contributed by atoms with Crippen LogP contribution in [0.25, 0.3) is 0 Å². The Balaban J connectivity index is 1.73. The van der Waals surface area contributed by atoms with Crippen LogP contribution in [0.4, 0.5) is 0 Å². The van der Waals surface area contributed by atoms with E-state index in [9.17, 15) is 0 Å². The highest BCUT2D eigenvalue weighted by atomic mass is 32.2. The standard InChI is InChI=1S/C10H20N2S/c1-9-6-12(4-3-11-9)7-10-2-5-13-8-10/h9-11H,2-8H2,1H3/t9-,10?/m1/s1.